The van der Waals surface area contributed by atoms with Crippen LogP contribution in [0.2, 0.25) is 4.34 Å². The molecule has 3 aromatic rings. The highest BCUT2D eigenvalue weighted by atomic mass is 35.5. The third-order valence-corrected chi connectivity index (χ3v) is 4.62. The number of nitrogens with one attached hydrogen (secondary N) is 2. The second kappa shape index (κ2) is 6.59. The molecule has 0 aliphatic heterocycles. The van der Waals surface area contributed by atoms with Crippen molar-refractivity contribution >= 4 is 45.9 Å². The van der Waals surface area contributed by atoms with Gasteiger partial charge in [0.15, 0.2) is 11.5 Å². The molecule has 23 heavy (non-hydrogen) atoms. The van der Waals surface area contributed by atoms with Gasteiger partial charge in [0, 0.05) is 11.4 Å². The maximum atomic E-state index is 12.2. The van der Waals surface area contributed by atoms with Crippen LogP contribution in [0.25, 0.3) is 11.2 Å². The molecular weight excluding hydrogens is 336 g/mol. The maximum absolute atomic E-state index is 12.2. The van der Waals surface area contributed by atoms with Gasteiger partial charge < -0.3 is 16.0 Å². The van der Waals surface area contributed by atoms with Gasteiger partial charge in [-0.05, 0) is 18.6 Å². The lowest BCUT2D eigenvalue weighted by Gasteiger charge is -2.06. The lowest BCUT2D eigenvalue weighted by atomic mass is 10.3. The molecule has 0 radical (unpaired) electrons. The quantitative estimate of drug-likeness (QED) is 0.592. The second-order valence-electron chi connectivity index (χ2n) is 5.13. The van der Waals surface area contributed by atoms with Crippen molar-refractivity contribution in [1.29, 1.82) is 0 Å². The molecule has 0 saturated heterocycles. The molecular formula is C14H17ClN6OS. The van der Waals surface area contributed by atoms with E-state index in [0.29, 0.717) is 28.0 Å². The van der Waals surface area contributed by atoms with Crippen molar-refractivity contribution < 1.29 is 0 Å². The first kappa shape index (κ1) is 15.8. The van der Waals surface area contributed by atoms with Crippen LogP contribution in [-0.4, -0.2) is 26.1 Å². The number of unbranched alkanes of at least 4 members (excludes halogenated alkanes) is 1. The number of rotatable bonds is 6. The molecule has 3 aromatic heterocycles. The van der Waals surface area contributed by atoms with E-state index in [1.165, 1.54) is 11.3 Å². The molecule has 7 nitrogen and oxygen atoms in total. The number of nitrogens with two attached hydrogens (primary N) is 1. The number of fused-ring (bicyclic) bond motifs is 1. The van der Waals surface area contributed by atoms with E-state index in [1.54, 1.807) is 4.57 Å². The van der Waals surface area contributed by atoms with E-state index in [0.717, 1.165) is 24.3 Å². The second-order valence-corrected chi connectivity index (χ2v) is 6.93. The number of nitrogen functional groups attached to an aromatic ring is 1. The van der Waals surface area contributed by atoms with Crippen molar-refractivity contribution in [2.75, 3.05) is 17.6 Å². The average molecular weight is 353 g/mol. The Hall–Kier alpha value is -2.06. The number of H-pyrrole nitrogens is 1. The smallest absolute Gasteiger partial charge is 0.328 e. The number of hydrogen-bond donors (Lipinski definition) is 3. The predicted molar refractivity (Wildman–Crippen MR) is 94.4 cm³/mol. The van der Waals surface area contributed by atoms with Crippen LogP contribution in [0.4, 0.5) is 11.8 Å². The molecule has 0 unspecified atom stereocenters. The Morgan fingerprint density at radius 3 is 2.96 bits per heavy atom. The van der Waals surface area contributed by atoms with E-state index >= 15 is 0 Å². The van der Waals surface area contributed by atoms with Crippen LogP contribution in [0.5, 0.6) is 0 Å². The largest absolute Gasteiger partial charge is 0.382 e. The van der Waals surface area contributed by atoms with Crippen LogP contribution in [0, 0.1) is 0 Å². The van der Waals surface area contributed by atoms with Crippen LogP contribution in [0.1, 0.15) is 24.6 Å². The Bertz CT molecular complexity index is 883. The van der Waals surface area contributed by atoms with Crippen molar-refractivity contribution in [3.8, 4) is 0 Å². The van der Waals surface area contributed by atoms with Crippen LogP contribution >= 0.6 is 22.9 Å². The fourth-order valence-electron chi connectivity index (χ4n) is 2.25. The number of aromatic amines is 1. The van der Waals surface area contributed by atoms with Crippen LogP contribution in [0.3, 0.4) is 0 Å². The van der Waals surface area contributed by atoms with Crippen LogP contribution < -0.4 is 16.7 Å². The highest BCUT2D eigenvalue weighted by Gasteiger charge is 2.14. The van der Waals surface area contributed by atoms with Crippen molar-refractivity contribution in [2.45, 2.75) is 26.3 Å². The number of hydrogen-bond acceptors (Lipinski definition) is 6. The van der Waals surface area contributed by atoms with E-state index in [2.05, 4.69) is 27.2 Å². The summed E-state index contributed by atoms with van der Waals surface area (Å²) in [5, 5.41) is 3.13. The van der Waals surface area contributed by atoms with Gasteiger partial charge in [0.1, 0.15) is 5.52 Å². The SMILES string of the molecule is CCCCNc1nc(N)c2[nH]c(=O)n(Cc3ccc(Cl)s3)c2n1. The topological polar surface area (TPSA) is 102 Å². The summed E-state index contributed by atoms with van der Waals surface area (Å²) in [6, 6.07) is 3.70. The van der Waals surface area contributed by atoms with Crippen molar-refractivity contribution in [3.63, 3.8) is 0 Å². The van der Waals surface area contributed by atoms with E-state index in [9.17, 15) is 4.79 Å². The minimum atomic E-state index is -0.267. The summed E-state index contributed by atoms with van der Waals surface area (Å²) in [5.41, 5.74) is 6.63. The molecule has 0 atom stereocenters. The molecule has 0 spiro atoms. The van der Waals surface area contributed by atoms with E-state index in [-0.39, 0.29) is 11.5 Å². The monoisotopic (exact) mass is 352 g/mol. The van der Waals surface area contributed by atoms with Gasteiger partial charge in [0.25, 0.3) is 0 Å². The zero-order valence-corrected chi connectivity index (χ0v) is 14.2. The number of thiophene rings is 1. The summed E-state index contributed by atoms with van der Waals surface area (Å²) in [6.45, 7) is 3.26. The highest BCUT2D eigenvalue weighted by molar-refractivity contribution is 7.16. The molecule has 9 heteroatoms. The molecule has 0 bridgehead atoms. The average Bonchev–Trinajstić information content (AvgIpc) is 3.05. The number of anilines is 2. The molecule has 0 amide bonds. The lowest BCUT2D eigenvalue weighted by molar-refractivity contribution is 0.786. The first-order valence-electron chi connectivity index (χ1n) is 7.32. The molecule has 3 heterocycles. The Balaban J connectivity index is 1.99. The van der Waals surface area contributed by atoms with E-state index in [1.807, 2.05) is 12.1 Å². The molecule has 0 fully saturated rings. The van der Waals surface area contributed by atoms with Gasteiger partial charge in [-0.3, -0.25) is 4.57 Å². The number of halogens is 1. The minimum Gasteiger partial charge on any atom is -0.382 e. The molecule has 0 aliphatic carbocycles. The van der Waals surface area contributed by atoms with Gasteiger partial charge in [-0.25, -0.2) is 4.79 Å². The minimum absolute atomic E-state index is 0.258. The first-order valence-corrected chi connectivity index (χ1v) is 8.52. The summed E-state index contributed by atoms with van der Waals surface area (Å²) in [7, 11) is 0. The van der Waals surface area contributed by atoms with Gasteiger partial charge in [-0.15, -0.1) is 11.3 Å². The molecule has 3 rings (SSSR count). The van der Waals surface area contributed by atoms with Crippen molar-refractivity contribution in [3.05, 3.63) is 31.8 Å². The number of nitrogens with zero attached hydrogens (tertiary/aromatic N) is 3. The van der Waals surface area contributed by atoms with Gasteiger partial charge in [0.2, 0.25) is 5.95 Å². The molecule has 0 saturated carbocycles. The van der Waals surface area contributed by atoms with Crippen LogP contribution in [-0.2, 0) is 6.54 Å². The standard InChI is InChI=1S/C14H17ClN6OS/c1-2-3-6-17-13-19-11(16)10-12(20-13)21(14(22)18-10)7-8-4-5-9(15)23-8/h4-5H,2-3,6-7H2,1H3,(H,18,22)(H3,16,17,19,20). The van der Waals surface area contributed by atoms with Gasteiger partial charge in [-0.1, -0.05) is 24.9 Å². The fourth-order valence-corrected chi connectivity index (χ4v) is 3.32. The Morgan fingerprint density at radius 1 is 1.43 bits per heavy atom. The summed E-state index contributed by atoms with van der Waals surface area (Å²) >= 11 is 7.38. The van der Waals surface area contributed by atoms with Gasteiger partial charge >= 0.3 is 5.69 Å². The third-order valence-electron chi connectivity index (χ3n) is 3.41. The molecule has 122 valence electrons. The van der Waals surface area contributed by atoms with E-state index < -0.39 is 0 Å². The third kappa shape index (κ3) is 3.32. The lowest BCUT2D eigenvalue weighted by Crippen LogP contribution is -2.17. The van der Waals surface area contributed by atoms with Gasteiger partial charge in [-0.2, -0.15) is 9.97 Å². The van der Waals surface area contributed by atoms with Crippen molar-refractivity contribution in [2.24, 2.45) is 0 Å². The number of imidazole rings is 1. The van der Waals surface area contributed by atoms with E-state index in [4.69, 9.17) is 17.3 Å². The zero-order valence-electron chi connectivity index (χ0n) is 12.6. The summed E-state index contributed by atoms with van der Waals surface area (Å²) in [5.74, 6) is 0.689. The predicted octanol–water partition coefficient (Wildman–Crippen LogP) is 2.68. The first-order chi connectivity index (χ1) is 11.1. The Morgan fingerprint density at radius 2 is 2.26 bits per heavy atom. The summed E-state index contributed by atoms with van der Waals surface area (Å²) < 4.78 is 2.23. The summed E-state index contributed by atoms with van der Waals surface area (Å²) in [4.78, 5) is 24.5. The normalized spacial score (nSPS) is 11.2. The van der Waals surface area contributed by atoms with Gasteiger partial charge in [0.05, 0.1) is 10.9 Å². The van der Waals surface area contributed by atoms with Crippen LogP contribution in [0.15, 0.2) is 16.9 Å². The molecule has 0 aliphatic rings. The Labute approximate surface area is 141 Å². The highest BCUT2D eigenvalue weighted by Crippen LogP contribution is 2.23. The Kier molecular flexibility index (Phi) is 4.53. The molecule has 0 aromatic carbocycles. The maximum Gasteiger partial charge on any atom is 0.328 e. The number of aromatic nitrogens is 4. The van der Waals surface area contributed by atoms with Crippen molar-refractivity contribution in [1.82, 2.24) is 19.5 Å². The summed E-state index contributed by atoms with van der Waals surface area (Å²) in [6.07, 6.45) is 2.08. The molecule has 4 N–H and O–H groups in total. The zero-order chi connectivity index (χ0) is 16.4. The fraction of sp³-hybridized carbons (Fsp3) is 0.357.